The van der Waals surface area contributed by atoms with Crippen molar-refractivity contribution >= 4 is 0 Å². The predicted molar refractivity (Wildman–Crippen MR) is 42.0 cm³/mol. The average molecular weight is 163 g/mol. The van der Waals surface area contributed by atoms with Gasteiger partial charge in [-0.2, -0.15) is 0 Å². The first-order valence-electron chi connectivity index (χ1n) is 3.91. The van der Waals surface area contributed by atoms with E-state index >= 15 is 0 Å². The molecule has 0 saturated carbocycles. The highest BCUT2D eigenvalue weighted by atomic mass is 16.3. The van der Waals surface area contributed by atoms with Gasteiger partial charge in [0.2, 0.25) is 0 Å². The number of nitrogens with one attached hydrogen (secondary N) is 1. The lowest BCUT2D eigenvalue weighted by Gasteiger charge is -2.13. The summed E-state index contributed by atoms with van der Waals surface area (Å²) < 4.78 is 0. The van der Waals surface area contributed by atoms with E-state index in [2.05, 4.69) is 5.32 Å². The number of hydrogen-bond acceptors (Lipinski definition) is 4. The van der Waals surface area contributed by atoms with Gasteiger partial charge >= 0.3 is 0 Å². The van der Waals surface area contributed by atoms with Crippen molar-refractivity contribution in [3.05, 3.63) is 0 Å². The van der Waals surface area contributed by atoms with Crippen LogP contribution in [0.25, 0.3) is 0 Å². The van der Waals surface area contributed by atoms with Gasteiger partial charge in [-0.3, -0.25) is 5.32 Å². The van der Waals surface area contributed by atoms with Crippen LogP contribution in [0.3, 0.4) is 0 Å². The Balaban J connectivity index is 3.22. The van der Waals surface area contributed by atoms with Gasteiger partial charge in [0, 0.05) is 6.54 Å². The zero-order valence-corrected chi connectivity index (χ0v) is 6.82. The van der Waals surface area contributed by atoms with Gasteiger partial charge in [-0.05, 0) is 6.42 Å². The molecular weight excluding hydrogens is 146 g/mol. The molecule has 0 aromatic heterocycles. The standard InChI is InChI=1S/C7H17NO3/c1-2-3-7(11)8-4-6(10)5-9/h6-11H,2-5H2,1H3/t6-,7?/m1/s1. The maximum Gasteiger partial charge on any atom is 0.104 e. The number of hydrogen-bond donors (Lipinski definition) is 4. The molecule has 0 saturated heterocycles. The Morgan fingerprint density at radius 3 is 2.45 bits per heavy atom. The molecule has 4 heteroatoms. The number of aliphatic hydroxyl groups is 3. The van der Waals surface area contributed by atoms with E-state index in [9.17, 15) is 0 Å². The Labute approximate surface area is 66.9 Å². The minimum atomic E-state index is -0.776. The molecule has 1 unspecified atom stereocenters. The molecule has 2 atom stereocenters. The Hall–Kier alpha value is -0.160. The maximum absolute atomic E-state index is 9.09. The molecule has 0 rings (SSSR count). The largest absolute Gasteiger partial charge is 0.394 e. The van der Waals surface area contributed by atoms with Gasteiger partial charge in [-0.15, -0.1) is 0 Å². The highest BCUT2D eigenvalue weighted by Crippen LogP contribution is 1.91. The van der Waals surface area contributed by atoms with Crippen LogP contribution in [0, 0.1) is 0 Å². The molecule has 0 aliphatic heterocycles. The van der Waals surface area contributed by atoms with Crippen molar-refractivity contribution in [3.8, 4) is 0 Å². The Kier molecular flexibility index (Phi) is 6.45. The van der Waals surface area contributed by atoms with E-state index < -0.39 is 12.3 Å². The van der Waals surface area contributed by atoms with Crippen LogP contribution in [-0.2, 0) is 0 Å². The summed E-state index contributed by atoms with van der Waals surface area (Å²) in [6, 6.07) is 0. The second-order valence-corrected chi connectivity index (χ2v) is 2.55. The molecule has 0 aliphatic rings. The van der Waals surface area contributed by atoms with Crippen LogP contribution in [0.5, 0.6) is 0 Å². The van der Waals surface area contributed by atoms with Crippen LogP contribution in [0.1, 0.15) is 19.8 Å². The molecule has 0 radical (unpaired) electrons. The summed E-state index contributed by atoms with van der Waals surface area (Å²) in [5, 5.41) is 29.0. The molecule has 0 aromatic carbocycles. The normalized spacial score (nSPS) is 16.4. The van der Waals surface area contributed by atoms with E-state index in [1.807, 2.05) is 6.92 Å². The van der Waals surface area contributed by atoms with Crippen molar-refractivity contribution < 1.29 is 15.3 Å². The Morgan fingerprint density at radius 1 is 1.36 bits per heavy atom. The molecule has 68 valence electrons. The zero-order chi connectivity index (χ0) is 8.69. The summed E-state index contributed by atoms with van der Waals surface area (Å²) in [5.74, 6) is 0. The lowest BCUT2D eigenvalue weighted by Crippen LogP contribution is -2.36. The molecule has 0 bridgehead atoms. The first-order chi connectivity index (χ1) is 5.20. The number of rotatable bonds is 6. The van der Waals surface area contributed by atoms with Gasteiger partial charge in [-0.25, -0.2) is 0 Å². The monoisotopic (exact) mass is 163 g/mol. The smallest absolute Gasteiger partial charge is 0.104 e. The fraction of sp³-hybridized carbons (Fsp3) is 1.00. The summed E-state index contributed by atoms with van der Waals surface area (Å²) in [6.07, 6.45) is 0.212. The van der Waals surface area contributed by atoms with Crippen molar-refractivity contribution in [1.29, 1.82) is 0 Å². The maximum atomic E-state index is 9.09. The quantitative estimate of drug-likeness (QED) is 0.381. The van der Waals surface area contributed by atoms with Crippen LogP contribution in [-0.4, -0.2) is 40.8 Å². The van der Waals surface area contributed by atoms with Gasteiger partial charge in [0.15, 0.2) is 0 Å². The molecule has 0 heterocycles. The topological polar surface area (TPSA) is 72.7 Å². The molecule has 0 fully saturated rings. The second kappa shape index (κ2) is 6.54. The van der Waals surface area contributed by atoms with Crippen LogP contribution in [0.4, 0.5) is 0 Å². The van der Waals surface area contributed by atoms with Crippen LogP contribution in [0.2, 0.25) is 0 Å². The van der Waals surface area contributed by atoms with Gasteiger partial charge in [0.1, 0.15) is 6.23 Å². The zero-order valence-electron chi connectivity index (χ0n) is 6.82. The van der Waals surface area contributed by atoms with Crippen LogP contribution >= 0.6 is 0 Å². The molecule has 4 N–H and O–H groups in total. The summed E-state index contributed by atoms with van der Waals surface area (Å²) in [7, 11) is 0. The van der Waals surface area contributed by atoms with E-state index in [0.29, 0.717) is 6.42 Å². The van der Waals surface area contributed by atoms with E-state index in [0.717, 1.165) is 6.42 Å². The fourth-order valence-electron chi connectivity index (χ4n) is 0.712. The third-order valence-electron chi connectivity index (χ3n) is 1.36. The first-order valence-corrected chi connectivity index (χ1v) is 3.91. The van der Waals surface area contributed by atoms with Gasteiger partial charge in [0.25, 0.3) is 0 Å². The molecule has 11 heavy (non-hydrogen) atoms. The van der Waals surface area contributed by atoms with Crippen molar-refractivity contribution in [2.45, 2.75) is 32.1 Å². The van der Waals surface area contributed by atoms with Crippen molar-refractivity contribution in [3.63, 3.8) is 0 Å². The minimum absolute atomic E-state index is 0.234. The van der Waals surface area contributed by atoms with E-state index in [-0.39, 0.29) is 13.2 Å². The van der Waals surface area contributed by atoms with Crippen molar-refractivity contribution in [2.24, 2.45) is 0 Å². The SMILES string of the molecule is CCCC(O)NC[C@@H](O)CO. The lowest BCUT2D eigenvalue weighted by atomic mass is 10.3. The van der Waals surface area contributed by atoms with Gasteiger partial charge in [0.05, 0.1) is 12.7 Å². The van der Waals surface area contributed by atoms with Crippen LogP contribution < -0.4 is 5.32 Å². The molecule has 0 amide bonds. The van der Waals surface area contributed by atoms with Crippen molar-refractivity contribution in [2.75, 3.05) is 13.2 Å². The van der Waals surface area contributed by atoms with Gasteiger partial charge in [-0.1, -0.05) is 13.3 Å². The molecule has 0 aromatic rings. The van der Waals surface area contributed by atoms with E-state index in [4.69, 9.17) is 15.3 Å². The van der Waals surface area contributed by atoms with Crippen molar-refractivity contribution in [1.82, 2.24) is 5.32 Å². The van der Waals surface area contributed by atoms with E-state index in [1.165, 1.54) is 0 Å². The van der Waals surface area contributed by atoms with Crippen LogP contribution in [0.15, 0.2) is 0 Å². The summed E-state index contributed by atoms with van der Waals surface area (Å²) in [4.78, 5) is 0. The molecule has 0 aliphatic carbocycles. The molecular formula is C7H17NO3. The highest BCUT2D eigenvalue weighted by Gasteiger charge is 2.05. The Bertz CT molecular complexity index is 89.8. The predicted octanol–water partition coefficient (Wildman–Crippen LogP) is -0.952. The molecule has 0 spiro atoms. The summed E-state index contributed by atoms with van der Waals surface area (Å²) >= 11 is 0. The summed E-state index contributed by atoms with van der Waals surface area (Å²) in [6.45, 7) is 1.93. The van der Waals surface area contributed by atoms with Gasteiger partial charge < -0.3 is 15.3 Å². The van der Waals surface area contributed by atoms with E-state index in [1.54, 1.807) is 0 Å². The minimum Gasteiger partial charge on any atom is -0.394 e. The number of aliphatic hydroxyl groups excluding tert-OH is 3. The average Bonchev–Trinajstić information content (AvgIpc) is 2.01. The third-order valence-corrected chi connectivity index (χ3v) is 1.36. The Morgan fingerprint density at radius 2 is 2.00 bits per heavy atom. The molecule has 4 nitrogen and oxygen atoms in total. The summed E-state index contributed by atoms with van der Waals surface area (Å²) in [5.41, 5.74) is 0. The third kappa shape index (κ3) is 6.25. The highest BCUT2D eigenvalue weighted by molar-refractivity contribution is 4.59. The second-order valence-electron chi connectivity index (χ2n) is 2.55. The first kappa shape index (κ1) is 10.8. The lowest BCUT2D eigenvalue weighted by molar-refractivity contribution is 0.0640. The fourth-order valence-corrected chi connectivity index (χ4v) is 0.712.